The minimum atomic E-state index is -0.527. The molecule has 3 saturated carbocycles. The number of hydrogen-bond donors (Lipinski definition) is 3. The second kappa shape index (κ2) is 8.43. The highest BCUT2D eigenvalue weighted by molar-refractivity contribution is 5.94. The van der Waals surface area contributed by atoms with Crippen molar-refractivity contribution in [1.29, 1.82) is 0 Å². The summed E-state index contributed by atoms with van der Waals surface area (Å²) >= 11 is 0. The second-order valence-corrected chi connectivity index (χ2v) is 12.3. The predicted octanol–water partition coefficient (Wildman–Crippen LogP) is 2.12. The van der Waals surface area contributed by atoms with Gasteiger partial charge in [0.15, 0.2) is 0 Å². The molecule has 8 nitrogen and oxygen atoms in total. The van der Waals surface area contributed by atoms with Crippen LogP contribution in [0, 0.1) is 40.4 Å². The Kier molecular flexibility index (Phi) is 6.06. The summed E-state index contributed by atoms with van der Waals surface area (Å²) in [6.07, 6.45) is 3.15. The van der Waals surface area contributed by atoms with Crippen molar-refractivity contribution < 1.29 is 29.3 Å². The van der Waals surface area contributed by atoms with Gasteiger partial charge in [0, 0.05) is 41.5 Å². The molecule has 5 rings (SSSR count). The fourth-order valence-corrected chi connectivity index (χ4v) is 8.76. The number of amides is 1. The van der Waals surface area contributed by atoms with Crippen molar-refractivity contribution in [3.05, 3.63) is 0 Å². The van der Waals surface area contributed by atoms with Crippen LogP contribution in [0.4, 0.5) is 0 Å². The largest absolute Gasteiger partial charge is 0.399 e. The SMILES string of the molecule is CON=C1C(OCCO)CC23OC4C(CC2(C)C(C)CCC3C1(C)C)C(O)CC1C(=O)NCC14. The number of rotatable bonds is 4. The molecule has 2 aliphatic heterocycles. The van der Waals surface area contributed by atoms with Gasteiger partial charge >= 0.3 is 0 Å². The number of carbonyl (C=O) groups excluding carboxylic acids is 1. The van der Waals surface area contributed by atoms with E-state index in [1.807, 2.05) is 0 Å². The van der Waals surface area contributed by atoms with Crippen molar-refractivity contribution >= 4 is 11.6 Å². The van der Waals surface area contributed by atoms with E-state index in [4.69, 9.17) is 14.3 Å². The molecule has 34 heavy (non-hydrogen) atoms. The Balaban J connectivity index is 1.61. The first kappa shape index (κ1) is 24.5. The average molecular weight is 479 g/mol. The zero-order chi connectivity index (χ0) is 24.5. The van der Waals surface area contributed by atoms with E-state index in [0.29, 0.717) is 25.3 Å². The van der Waals surface area contributed by atoms with Crippen molar-refractivity contribution in [2.45, 2.75) is 83.7 Å². The number of nitrogens with zero attached hydrogens (tertiary/aromatic N) is 1. The first-order chi connectivity index (χ1) is 16.1. The third-order valence-corrected chi connectivity index (χ3v) is 10.6. The van der Waals surface area contributed by atoms with E-state index in [-0.39, 0.29) is 65.8 Å². The maximum Gasteiger partial charge on any atom is 0.223 e. The van der Waals surface area contributed by atoms with Crippen LogP contribution in [-0.2, 0) is 19.1 Å². The number of nitrogens with one attached hydrogen (secondary N) is 1. The highest BCUT2D eigenvalue weighted by atomic mass is 16.6. The number of carbonyl (C=O) groups is 1. The van der Waals surface area contributed by atoms with E-state index in [2.05, 4.69) is 38.2 Å². The standard InChI is InChI=1S/C26H42N2O6/c1-14-6-7-20-24(2,3)22(28-32-5)19(33-9-8-29)12-26(20)25(14,4)11-16-18(30)10-15-17(21(16)34-26)13-27-23(15)31/h14-21,29-30H,6-13H2,1-5H3,(H,27,31). The molecule has 8 heteroatoms. The third-order valence-electron chi connectivity index (χ3n) is 10.6. The molecular formula is C26H42N2O6. The van der Waals surface area contributed by atoms with E-state index in [1.165, 1.54) is 0 Å². The lowest BCUT2D eigenvalue weighted by Crippen LogP contribution is -2.74. The number of aliphatic hydroxyl groups is 2. The molecule has 3 N–H and O–H groups in total. The number of fused-ring (bicyclic) bond motifs is 3. The fraction of sp³-hybridized carbons (Fsp3) is 0.923. The summed E-state index contributed by atoms with van der Waals surface area (Å²) < 4.78 is 13.6. The first-order valence-electron chi connectivity index (χ1n) is 13.1. The van der Waals surface area contributed by atoms with Crippen molar-refractivity contribution in [3.63, 3.8) is 0 Å². The molecule has 192 valence electrons. The zero-order valence-electron chi connectivity index (χ0n) is 21.3. The minimum absolute atomic E-state index is 0.0275. The summed E-state index contributed by atoms with van der Waals surface area (Å²) in [6.45, 7) is 9.91. The van der Waals surface area contributed by atoms with E-state index in [0.717, 1.165) is 25.0 Å². The molecular weight excluding hydrogens is 436 g/mol. The Hall–Kier alpha value is -1.22. The van der Waals surface area contributed by atoms with Crippen LogP contribution >= 0.6 is 0 Å². The molecule has 10 unspecified atom stereocenters. The van der Waals surface area contributed by atoms with Crippen molar-refractivity contribution in [2.24, 2.45) is 45.6 Å². The Bertz CT molecular complexity index is 847. The summed E-state index contributed by atoms with van der Waals surface area (Å²) in [6, 6.07) is 0. The van der Waals surface area contributed by atoms with Gasteiger partial charge in [-0.3, -0.25) is 4.79 Å². The van der Waals surface area contributed by atoms with Crippen LogP contribution in [0.1, 0.15) is 59.8 Å². The molecule has 0 bridgehead atoms. The highest BCUT2D eigenvalue weighted by Gasteiger charge is 2.71. The molecule has 0 aromatic rings. The lowest BCUT2D eigenvalue weighted by molar-refractivity contribution is -0.325. The quantitative estimate of drug-likeness (QED) is 0.534. The molecule has 0 radical (unpaired) electrons. The van der Waals surface area contributed by atoms with Crippen molar-refractivity contribution in [3.8, 4) is 0 Å². The van der Waals surface area contributed by atoms with Gasteiger partial charge in [-0.15, -0.1) is 0 Å². The van der Waals surface area contributed by atoms with E-state index < -0.39 is 11.7 Å². The van der Waals surface area contributed by atoms with Gasteiger partial charge in [-0.25, -0.2) is 0 Å². The van der Waals surface area contributed by atoms with Crippen LogP contribution in [0.3, 0.4) is 0 Å². The van der Waals surface area contributed by atoms with E-state index in [9.17, 15) is 15.0 Å². The van der Waals surface area contributed by atoms with Gasteiger partial charge in [0.2, 0.25) is 5.91 Å². The molecule has 2 heterocycles. The fourth-order valence-electron chi connectivity index (χ4n) is 8.76. The third kappa shape index (κ3) is 3.24. The molecule has 5 aliphatic rings. The molecule has 3 aliphatic carbocycles. The van der Waals surface area contributed by atoms with Gasteiger partial charge in [0.05, 0.1) is 36.7 Å². The summed E-state index contributed by atoms with van der Waals surface area (Å²) in [4.78, 5) is 17.8. The molecule has 0 aromatic heterocycles. The lowest BCUT2D eigenvalue weighted by Gasteiger charge is -2.70. The molecule has 2 saturated heterocycles. The summed E-state index contributed by atoms with van der Waals surface area (Å²) in [7, 11) is 1.57. The van der Waals surface area contributed by atoms with Gasteiger partial charge < -0.3 is 29.8 Å². The van der Waals surface area contributed by atoms with Crippen molar-refractivity contribution in [1.82, 2.24) is 5.32 Å². The number of ether oxygens (including phenoxy) is 2. The van der Waals surface area contributed by atoms with Crippen LogP contribution in [0.15, 0.2) is 5.16 Å². The lowest BCUT2D eigenvalue weighted by atomic mass is 9.42. The van der Waals surface area contributed by atoms with Crippen LogP contribution in [0.2, 0.25) is 0 Å². The highest BCUT2D eigenvalue weighted by Crippen LogP contribution is 2.68. The average Bonchev–Trinajstić information content (AvgIpc) is 3.15. The molecule has 5 fully saturated rings. The molecule has 1 spiro atoms. The Morgan fingerprint density at radius 1 is 1.21 bits per heavy atom. The summed E-state index contributed by atoms with van der Waals surface area (Å²) in [5, 5.41) is 28.2. The van der Waals surface area contributed by atoms with Crippen LogP contribution < -0.4 is 5.32 Å². The summed E-state index contributed by atoms with van der Waals surface area (Å²) in [5.74, 6) is 0.612. The smallest absolute Gasteiger partial charge is 0.223 e. The van der Waals surface area contributed by atoms with Gasteiger partial charge in [-0.05, 0) is 37.5 Å². The van der Waals surface area contributed by atoms with Crippen molar-refractivity contribution in [2.75, 3.05) is 26.9 Å². The topological polar surface area (TPSA) is 110 Å². The van der Waals surface area contributed by atoms with E-state index in [1.54, 1.807) is 7.11 Å². The normalized spacial score (nSPS) is 50.6. The number of aliphatic hydroxyl groups excluding tert-OH is 2. The molecule has 0 aromatic carbocycles. The van der Waals surface area contributed by atoms with Gasteiger partial charge in [0.1, 0.15) is 13.2 Å². The van der Waals surface area contributed by atoms with E-state index >= 15 is 0 Å². The monoisotopic (exact) mass is 478 g/mol. The first-order valence-corrected chi connectivity index (χ1v) is 13.1. The molecule has 1 amide bonds. The van der Waals surface area contributed by atoms with Crippen LogP contribution in [0.5, 0.6) is 0 Å². The predicted molar refractivity (Wildman–Crippen MR) is 126 cm³/mol. The van der Waals surface area contributed by atoms with Gasteiger partial charge in [0.25, 0.3) is 0 Å². The second-order valence-electron chi connectivity index (χ2n) is 12.3. The zero-order valence-corrected chi connectivity index (χ0v) is 21.3. The van der Waals surface area contributed by atoms with Gasteiger partial charge in [-0.2, -0.15) is 0 Å². The number of oxime groups is 1. The molecule has 10 atom stereocenters. The maximum absolute atomic E-state index is 12.5. The summed E-state index contributed by atoms with van der Waals surface area (Å²) in [5.41, 5.74) is -0.0902. The number of hydrogen-bond acceptors (Lipinski definition) is 7. The maximum atomic E-state index is 12.5. The Morgan fingerprint density at radius 2 is 1.97 bits per heavy atom. The van der Waals surface area contributed by atoms with Crippen LogP contribution in [0.25, 0.3) is 0 Å². The van der Waals surface area contributed by atoms with Crippen LogP contribution in [-0.4, -0.2) is 72.6 Å². The Labute approximate surface area is 202 Å². The minimum Gasteiger partial charge on any atom is -0.399 e. The Morgan fingerprint density at radius 3 is 2.68 bits per heavy atom. The van der Waals surface area contributed by atoms with Gasteiger partial charge in [-0.1, -0.05) is 32.9 Å².